The highest BCUT2D eigenvalue weighted by atomic mass is 15.0. The Morgan fingerprint density at radius 3 is 1.17 bits per heavy atom. The van der Waals surface area contributed by atoms with Crippen molar-refractivity contribution >= 4 is 17.4 Å². The van der Waals surface area contributed by atoms with E-state index in [0.29, 0.717) is 24.3 Å². The fourth-order valence-electron chi connectivity index (χ4n) is 1.75. The van der Waals surface area contributed by atoms with E-state index in [4.69, 9.17) is 11.5 Å². The fourth-order valence-corrected chi connectivity index (χ4v) is 1.75. The summed E-state index contributed by atoms with van der Waals surface area (Å²) in [6.07, 6.45) is -0.311. The third-order valence-electron chi connectivity index (χ3n) is 3.47. The van der Waals surface area contributed by atoms with Crippen LogP contribution in [0, 0.1) is 32.6 Å². The van der Waals surface area contributed by atoms with Crippen molar-refractivity contribution < 1.29 is 0 Å². The molecule has 0 fully saturated rings. The molecule has 0 aliphatic heterocycles. The summed E-state index contributed by atoms with van der Waals surface area (Å²) in [6, 6.07) is 0. The number of hydrogen-bond donors (Lipinski definition) is 4. The molecule has 0 amide bonds. The molecule has 0 atom stereocenters. The minimum atomic E-state index is -0.311. The maximum absolute atomic E-state index is 5.31. The predicted octanol–water partition coefficient (Wildman–Crippen LogP) is 3.66. The Morgan fingerprint density at radius 2 is 1.07 bits per heavy atom. The maximum Gasteiger partial charge on any atom is 0.0982 e. The van der Waals surface area contributed by atoms with Crippen molar-refractivity contribution in [3.05, 3.63) is 14.9 Å². The van der Waals surface area contributed by atoms with Crippen LogP contribution in [0.3, 0.4) is 0 Å². The third kappa shape index (κ3) is 28.8. The molecule has 6 N–H and O–H groups in total. The number of hydrogen-bond acceptors (Lipinski definition) is 5. The lowest BCUT2D eigenvalue weighted by molar-refractivity contribution is 0.711. The minimum Gasteiger partial charge on any atom is -0.377 e. The molecule has 0 aromatic carbocycles. The Kier molecular flexibility index (Phi) is 38.2. The van der Waals surface area contributed by atoms with Crippen molar-refractivity contribution in [2.24, 2.45) is 44.2 Å². The second-order valence-corrected chi connectivity index (χ2v) is 6.83. The second-order valence-electron chi connectivity index (χ2n) is 6.83. The third-order valence-corrected chi connectivity index (χ3v) is 3.47. The Bertz CT molecular complexity index is 385. The molecule has 0 heterocycles. The maximum atomic E-state index is 5.31. The van der Waals surface area contributed by atoms with Gasteiger partial charge in [-0.3, -0.25) is 15.0 Å². The lowest BCUT2D eigenvalue weighted by Gasteiger charge is -2.06. The van der Waals surface area contributed by atoms with Crippen molar-refractivity contribution in [1.29, 1.82) is 0 Å². The summed E-state index contributed by atoms with van der Waals surface area (Å²) in [4.78, 5) is 12.2. The predicted molar refractivity (Wildman–Crippen MR) is 139 cm³/mol. The van der Waals surface area contributed by atoms with Gasteiger partial charge in [0.1, 0.15) is 0 Å². The standard InChI is InChI=1S/C7H17N3.2C6H14N2.CH4.2CH3/c1-5(2)6(3)10-4-7(8)9;2*1-5(2)6(7-3)8-4;;;/h5,7H,4,8-9H2,1-3H3;2*5H,1-4H3,(H,7,8);1H4;2*1H3/q;;;;2*-1. The molecule has 0 aromatic rings. The first-order valence-corrected chi connectivity index (χ1v) is 9.29. The van der Waals surface area contributed by atoms with Gasteiger partial charge in [-0.1, -0.05) is 49.0 Å². The van der Waals surface area contributed by atoms with E-state index in [1.54, 1.807) is 14.1 Å². The number of amidine groups is 2. The number of nitrogens with one attached hydrogen (secondary N) is 2. The molecule has 7 nitrogen and oxygen atoms in total. The molecule has 0 bridgehead atoms. The largest absolute Gasteiger partial charge is 0.377 e. The van der Waals surface area contributed by atoms with Crippen LogP contribution in [0.2, 0.25) is 0 Å². The SMILES string of the molecule is C.CC(=NCC(N)N)C(C)C.CN=C(NC)C(C)C.CN=C(NC)C(C)C.[CH3-].[CH3-]. The van der Waals surface area contributed by atoms with Gasteiger partial charge in [-0.2, -0.15) is 0 Å². The van der Waals surface area contributed by atoms with Gasteiger partial charge in [0.25, 0.3) is 0 Å². The molecule has 0 unspecified atom stereocenters. The summed E-state index contributed by atoms with van der Waals surface area (Å²) in [5.41, 5.74) is 11.7. The molecule has 0 aliphatic carbocycles. The number of rotatable bonds is 5. The van der Waals surface area contributed by atoms with Gasteiger partial charge in [-0.25, -0.2) is 0 Å². The molecule has 0 aliphatic rings. The number of nitrogens with zero attached hydrogens (tertiary/aromatic N) is 3. The van der Waals surface area contributed by atoms with Crippen LogP contribution >= 0.6 is 0 Å². The van der Waals surface area contributed by atoms with Crippen molar-refractivity contribution in [3.8, 4) is 0 Å². The minimum absolute atomic E-state index is 0. The first kappa shape index (κ1) is 41.8. The second kappa shape index (κ2) is 26.5. The smallest absolute Gasteiger partial charge is 0.0982 e. The number of nitrogens with two attached hydrogens (primary N) is 2. The normalized spacial score (nSPS) is 11.4. The van der Waals surface area contributed by atoms with Crippen LogP contribution in [-0.4, -0.2) is 58.3 Å². The van der Waals surface area contributed by atoms with Gasteiger partial charge in [-0.05, 0) is 12.8 Å². The fraction of sp³-hybridized carbons (Fsp3) is 0.773. The average Bonchev–Trinajstić information content (AvgIpc) is 2.55. The van der Waals surface area contributed by atoms with E-state index in [2.05, 4.69) is 67.2 Å². The number of aliphatic imine (C=N–C) groups is 3. The quantitative estimate of drug-likeness (QED) is 0.236. The topological polar surface area (TPSA) is 113 Å². The van der Waals surface area contributed by atoms with Crippen molar-refractivity contribution in [2.75, 3.05) is 34.7 Å². The van der Waals surface area contributed by atoms with Gasteiger partial charge in [0.05, 0.1) is 24.4 Å². The zero-order valence-corrected chi connectivity index (χ0v) is 21.0. The van der Waals surface area contributed by atoms with Gasteiger partial charge in [0.2, 0.25) is 0 Å². The highest BCUT2D eigenvalue weighted by Gasteiger charge is 1.98. The summed E-state index contributed by atoms with van der Waals surface area (Å²) >= 11 is 0. The zero-order chi connectivity index (χ0) is 21.3. The van der Waals surface area contributed by atoms with E-state index >= 15 is 0 Å². The van der Waals surface area contributed by atoms with Gasteiger partial charge >= 0.3 is 0 Å². The van der Waals surface area contributed by atoms with Crippen LogP contribution in [0.4, 0.5) is 0 Å². The molecule has 29 heavy (non-hydrogen) atoms. The summed E-state index contributed by atoms with van der Waals surface area (Å²) in [5.74, 6) is 3.66. The Hall–Kier alpha value is -1.47. The molecule has 0 saturated carbocycles. The van der Waals surface area contributed by atoms with Crippen LogP contribution in [-0.2, 0) is 0 Å². The lowest BCUT2D eigenvalue weighted by atomic mass is 10.1. The van der Waals surface area contributed by atoms with Crippen molar-refractivity contribution in [1.82, 2.24) is 10.6 Å². The van der Waals surface area contributed by atoms with E-state index in [0.717, 1.165) is 17.4 Å². The summed E-state index contributed by atoms with van der Waals surface area (Å²) in [5, 5.41) is 6.00. The van der Waals surface area contributed by atoms with Crippen molar-refractivity contribution in [3.63, 3.8) is 0 Å². The van der Waals surface area contributed by atoms with E-state index < -0.39 is 0 Å². The molecule has 7 heteroatoms. The molecular weight excluding hydrogens is 362 g/mol. The first-order chi connectivity index (χ1) is 12.0. The van der Waals surface area contributed by atoms with E-state index in [-0.39, 0.29) is 28.4 Å². The molecule has 0 radical (unpaired) electrons. The first-order valence-electron chi connectivity index (χ1n) is 9.29. The molecule has 0 rings (SSSR count). The van der Waals surface area contributed by atoms with Gasteiger partial charge in [0.15, 0.2) is 0 Å². The summed E-state index contributed by atoms with van der Waals surface area (Å²) < 4.78 is 0. The van der Waals surface area contributed by atoms with Crippen LogP contribution in [0.15, 0.2) is 15.0 Å². The Morgan fingerprint density at radius 1 is 0.759 bits per heavy atom. The van der Waals surface area contributed by atoms with Crippen LogP contribution in [0.25, 0.3) is 0 Å². The Labute approximate surface area is 184 Å². The molecule has 0 spiro atoms. The summed E-state index contributed by atoms with van der Waals surface area (Å²) in [7, 11) is 7.38. The Balaban J connectivity index is -0.0000000656. The molecule has 0 aromatic heterocycles. The highest BCUT2D eigenvalue weighted by Crippen LogP contribution is 1.95. The molecule has 180 valence electrons. The zero-order valence-electron chi connectivity index (χ0n) is 21.0. The van der Waals surface area contributed by atoms with Gasteiger partial charge in [0, 0.05) is 45.7 Å². The van der Waals surface area contributed by atoms with Crippen LogP contribution in [0.1, 0.15) is 55.9 Å². The highest BCUT2D eigenvalue weighted by molar-refractivity contribution is 5.84. The molecular formula is C22H55N7-2. The summed E-state index contributed by atoms with van der Waals surface area (Å²) in [6.45, 7) is 15.2. The average molecular weight is 418 g/mol. The lowest BCUT2D eigenvalue weighted by Crippen LogP contribution is -2.33. The van der Waals surface area contributed by atoms with Crippen molar-refractivity contribution in [2.45, 2.75) is 62.1 Å². The van der Waals surface area contributed by atoms with Crippen LogP contribution < -0.4 is 22.1 Å². The van der Waals surface area contributed by atoms with E-state index in [9.17, 15) is 0 Å². The van der Waals surface area contributed by atoms with Crippen LogP contribution in [0.5, 0.6) is 0 Å². The van der Waals surface area contributed by atoms with E-state index in [1.165, 1.54) is 0 Å². The monoisotopic (exact) mass is 417 g/mol. The van der Waals surface area contributed by atoms with Gasteiger partial charge in [-0.15, -0.1) is 0 Å². The molecule has 0 saturated heterocycles. The van der Waals surface area contributed by atoms with Gasteiger partial charge < -0.3 is 37.0 Å². The van der Waals surface area contributed by atoms with E-state index in [1.807, 2.05) is 21.0 Å².